The summed E-state index contributed by atoms with van der Waals surface area (Å²) in [6, 6.07) is 8.49. The molecule has 1 aromatic carbocycles. The van der Waals surface area contributed by atoms with Crippen LogP contribution < -0.4 is 0 Å². The van der Waals surface area contributed by atoms with Gasteiger partial charge >= 0.3 is 0 Å². The fourth-order valence-electron chi connectivity index (χ4n) is 0.735. The van der Waals surface area contributed by atoms with E-state index in [1.54, 1.807) is 18.2 Å². The highest BCUT2D eigenvalue weighted by atomic mass is 16.3. The van der Waals surface area contributed by atoms with Gasteiger partial charge in [0.15, 0.2) is 5.75 Å². The Kier molecular flexibility index (Phi) is 1.91. The standard InChI is InChI=1S/C8H6NO/c9-6-5-7-3-1-2-4-8(7)10/h1-4H,5H2. The summed E-state index contributed by atoms with van der Waals surface area (Å²) in [6.45, 7) is 0. The molecule has 0 bridgehead atoms. The maximum absolute atomic E-state index is 10.9. The van der Waals surface area contributed by atoms with Crippen molar-refractivity contribution in [2.75, 3.05) is 0 Å². The van der Waals surface area contributed by atoms with Crippen LogP contribution in [0.3, 0.4) is 0 Å². The van der Waals surface area contributed by atoms with E-state index < -0.39 is 0 Å². The van der Waals surface area contributed by atoms with Gasteiger partial charge in [-0.1, -0.05) is 18.2 Å². The Labute approximate surface area is 59.3 Å². The Morgan fingerprint density at radius 2 is 2.10 bits per heavy atom. The second-order valence-corrected chi connectivity index (χ2v) is 1.94. The minimum absolute atomic E-state index is 0.0518. The summed E-state index contributed by atoms with van der Waals surface area (Å²) in [4.78, 5) is 0. The van der Waals surface area contributed by atoms with Crippen molar-refractivity contribution in [2.45, 2.75) is 6.42 Å². The molecule has 0 saturated heterocycles. The highest BCUT2D eigenvalue weighted by Crippen LogP contribution is 2.15. The average Bonchev–Trinajstić information content (AvgIpc) is 1.94. The van der Waals surface area contributed by atoms with E-state index >= 15 is 0 Å². The van der Waals surface area contributed by atoms with E-state index in [4.69, 9.17) is 5.26 Å². The van der Waals surface area contributed by atoms with Crippen LogP contribution in [0.25, 0.3) is 0 Å². The van der Waals surface area contributed by atoms with Gasteiger partial charge in [0.1, 0.15) is 0 Å². The fraction of sp³-hybridized carbons (Fsp3) is 0.125. The van der Waals surface area contributed by atoms with Crippen LogP contribution in [-0.2, 0) is 11.5 Å². The summed E-state index contributed by atoms with van der Waals surface area (Å²) in [7, 11) is 0. The van der Waals surface area contributed by atoms with E-state index in [9.17, 15) is 5.11 Å². The lowest BCUT2D eigenvalue weighted by Gasteiger charge is -1.92. The summed E-state index contributed by atoms with van der Waals surface area (Å²) in [5, 5.41) is 19.1. The molecule has 2 heteroatoms. The third-order valence-corrected chi connectivity index (χ3v) is 1.24. The fourth-order valence-corrected chi connectivity index (χ4v) is 0.735. The Morgan fingerprint density at radius 1 is 1.40 bits per heavy atom. The van der Waals surface area contributed by atoms with Crippen LogP contribution in [0.1, 0.15) is 5.56 Å². The second-order valence-electron chi connectivity index (χ2n) is 1.94. The van der Waals surface area contributed by atoms with Crippen LogP contribution in [0.2, 0.25) is 0 Å². The Hall–Kier alpha value is -1.49. The van der Waals surface area contributed by atoms with Gasteiger partial charge in [0.05, 0.1) is 12.5 Å². The van der Waals surface area contributed by atoms with Gasteiger partial charge in [0.2, 0.25) is 0 Å². The van der Waals surface area contributed by atoms with Gasteiger partial charge in [0, 0.05) is 5.56 Å². The van der Waals surface area contributed by atoms with E-state index in [-0.39, 0.29) is 12.2 Å². The Bertz CT molecular complexity index is 262. The number of hydrogen-bond acceptors (Lipinski definition) is 1. The topological polar surface area (TPSA) is 43.7 Å². The number of para-hydroxylation sites is 1. The van der Waals surface area contributed by atoms with Crippen LogP contribution in [-0.4, -0.2) is 0 Å². The minimum atomic E-state index is -0.0518. The Balaban J connectivity index is 2.94. The van der Waals surface area contributed by atoms with E-state index in [1.165, 1.54) is 6.07 Å². The average molecular weight is 132 g/mol. The van der Waals surface area contributed by atoms with Gasteiger partial charge < -0.3 is 0 Å². The van der Waals surface area contributed by atoms with E-state index in [1.807, 2.05) is 6.07 Å². The predicted molar refractivity (Wildman–Crippen MR) is 35.9 cm³/mol. The number of rotatable bonds is 1. The van der Waals surface area contributed by atoms with Crippen molar-refractivity contribution in [3.05, 3.63) is 29.8 Å². The summed E-state index contributed by atoms with van der Waals surface area (Å²) in [5.41, 5.74) is 0.574. The number of hydrogen-bond donors (Lipinski definition) is 0. The molecule has 0 unspecified atom stereocenters. The SMILES string of the molecule is N#CCc1ccccc1[O]. The maximum Gasteiger partial charge on any atom is 0.182 e. The van der Waals surface area contributed by atoms with Crippen LogP contribution >= 0.6 is 0 Å². The molecule has 0 saturated carbocycles. The molecule has 10 heavy (non-hydrogen) atoms. The van der Waals surface area contributed by atoms with Crippen LogP contribution in [0.4, 0.5) is 0 Å². The minimum Gasteiger partial charge on any atom is -0.290 e. The quantitative estimate of drug-likeness (QED) is 0.575. The molecule has 1 aromatic rings. The van der Waals surface area contributed by atoms with Crippen molar-refractivity contribution in [3.8, 4) is 11.8 Å². The highest BCUT2D eigenvalue weighted by Gasteiger charge is 1.98. The zero-order valence-electron chi connectivity index (χ0n) is 5.37. The van der Waals surface area contributed by atoms with Crippen molar-refractivity contribution in [2.24, 2.45) is 0 Å². The van der Waals surface area contributed by atoms with E-state index in [2.05, 4.69) is 0 Å². The van der Waals surface area contributed by atoms with Gasteiger partial charge in [-0.15, -0.1) is 0 Å². The first-order chi connectivity index (χ1) is 4.84. The lowest BCUT2D eigenvalue weighted by atomic mass is 10.1. The molecular formula is C8H6NO. The molecule has 0 aromatic heterocycles. The van der Waals surface area contributed by atoms with Crippen LogP contribution in [0, 0.1) is 11.3 Å². The second kappa shape index (κ2) is 2.88. The molecule has 0 atom stereocenters. The van der Waals surface area contributed by atoms with Crippen molar-refractivity contribution < 1.29 is 5.11 Å². The van der Waals surface area contributed by atoms with Crippen LogP contribution in [0.15, 0.2) is 24.3 Å². The van der Waals surface area contributed by atoms with Gasteiger partial charge in [0.25, 0.3) is 0 Å². The molecule has 0 heterocycles. The van der Waals surface area contributed by atoms with Crippen molar-refractivity contribution >= 4 is 0 Å². The molecular weight excluding hydrogens is 126 g/mol. The monoisotopic (exact) mass is 132 g/mol. The molecule has 0 aliphatic carbocycles. The van der Waals surface area contributed by atoms with Crippen molar-refractivity contribution in [1.82, 2.24) is 0 Å². The summed E-state index contributed by atoms with van der Waals surface area (Å²) in [5.74, 6) is -0.0518. The first-order valence-corrected chi connectivity index (χ1v) is 2.96. The molecule has 0 aliphatic heterocycles. The molecule has 49 valence electrons. The summed E-state index contributed by atoms with van der Waals surface area (Å²) in [6.07, 6.45) is 0.208. The van der Waals surface area contributed by atoms with Gasteiger partial charge in [-0.3, -0.25) is 5.11 Å². The van der Waals surface area contributed by atoms with Gasteiger partial charge in [-0.25, -0.2) is 0 Å². The molecule has 2 nitrogen and oxygen atoms in total. The third-order valence-electron chi connectivity index (χ3n) is 1.24. The van der Waals surface area contributed by atoms with Crippen molar-refractivity contribution in [3.63, 3.8) is 0 Å². The smallest absolute Gasteiger partial charge is 0.182 e. The molecule has 1 rings (SSSR count). The molecule has 0 N–H and O–H groups in total. The van der Waals surface area contributed by atoms with Crippen LogP contribution in [0.5, 0.6) is 5.75 Å². The van der Waals surface area contributed by atoms with E-state index in [0.29, 0.717) is 5.56 Å². The van der Waals surface area contributed by atoms with Gasteiger partial charge in [-0.05, 0) is 6.07 Å². The van der Waals surface area contributed by atoms with Gasteiger partial charge in [-0.2, -0.15) is 5.26 Å². The zero-order valence-corrected chi connectivity index (χ0v) is 5.37. The lowest BCUT2D eigenvalue weighted by Crippen LogP contribution is -1.79. The normalized spacial score (nSPS) is 8.70. The van der Waals surface area contributed by atoms with E-state index in [0.717, 1.165) is 0 Å². The Morgan fingerprint density at radius 3 is 2.70 bits per heavy atom. The molecule has 0 spiro atoms. The predicted octanol–water partition coefficient (Wildman–Crippen LogP) is 1.90. The molecule has 0 amide bonds. The first kappa shape index (κ1) is 6.63. The lowest BCUT2D eigenvalue weighted by molar-refractivity contribution is 0.351. The largest absolute Gasteiger partial charge is 0.290 e. The number of nitrogens with zero attached hydrogens (tertiary/aromatic N) is 1. The highest BCUT2D eigenvalue weighted by molar-refractivity contribution is 5.33. The zero-order chi connectivity index (χ0) is 7.40. The first-order valence-electron chi connectivity index (χ1n) is 2.96. The van der Waals surface area contributed by atoms with Crippen molar-refractivity contribution in [1.29, 1.82) is 5.26 Å². The molecule has 0 aliphatic rings. The number of benzene rings is 1. The molecule has 0 fully saturated rings. The molecule has 1 radical (unpaired) electrons. The summed E-state index contributed by atoms with van der Waals surface area (Å²) < 4.78 is 0. The number of nitriles is 1. The summed E-state index contributed by atoms with van der Waals surface area (Å²) >= 11 is 0. The third kappa shape index (κ3) is 1.26. The maximum atomic E-state index is 10.9.